The second-order valence-corrected chi connectivity index (χ2v) is 18.4. The molecule has 8 nitrogen and oxygen atoms in total. The van der Waals surface area contributed by atoms with Crippen LogP contribution in [-0.4, -0.2) is 73.5 Å². The van der Waals surface area contributed by atoms with E-state index in [0.29, 0.717) is 0 Å². The highest BCUT2D eigenvalue weighted by molar-refractivity contribution is 7.99. The number of benzene rings is 3. The molecule has 0 amide bonds. The van der Waals surface area contributed by atoms with Crippen LogP contribution in [0, 0.1) is 6.92 Å². The van der Waals surface area contributed by atoms with Gasteiger partial charge in [-0.3, -0.25) is 9.59 Å². The van der Waals surface area contributed by atoms with E-state index in [1.54, 1.807) is 0 Å². The number of hydrogen-bond acceptors (Lipinski definition) is 9. The molecule has 1 aliphatic rings. The van der Waals surface area contributed by atoms with Crippen LogP contribution in [0.15, 0.2) is 89.8 Å². The number of aliphatic hydroxyl groups is 1. The van der Waals surface area contributed by atoms with E-state index < -0.39 is 56.0 Å². The van der Waals surface area contributed by atoms with Crippen molar-refractivity contribution in [3.63, 3.8) is 0 Å². The minimum Gasteiger partial charge on any atom is -0.457 e. The van der Waals surface area contributed by atoms with Crippen LogP contribution < -0.4 is 10.4 Å². The van der Waals surface area contributed by atoms with E-state index in [4.69, 9.17) is 30.2 Å². The molecule has 1 N–H and O–H groups in total. The third-order valence-electron chi connectivity index (χ3n) is 8.10. The number of esters is 2. The number of aliphatic hydroxyl groups excluding tert-OH is 1. The van der Waals surface area contributed by atoms with Gasteiger partial charge in [-0.15, -0.1) is 11.6 Å². The Bertz CT molecular complexity index is 1440. The van der Waals surface area contributed by atoms with Crippen molar-refractivity contribution in [3.05, 3.63) is 90.5 Å². The van der Waals surface area contributed by atoms with Crippen molar-refractivity contribution in [2.45, 2.75) is 87.2 Å². The predicted octanol–water partition coefficient (Wildman–Crippen LogP) is 5.18. The van der Waals surface area contributed by atoms with Gasteiger partial charge in [0.2, 0.25) is 0 Å². The van der Waals surface area contributed by atoms with Gasteiger partial charge < -0.3 is 28.5 Å². The molecule has 1 heterocycles. The molecule has 0 bridgehead atoms. The van der Waals surface area contributed by atoms with Gasteiger partial charge in [0.15, 0.2) is 12.2 Å². The summed E-state index contributed by atoms with van der Waals surface area (Å²) < 4.78 is 25.2. The van der Waals surface area contributed by atoms with Crippen LogP contribution in [0.1, 0.15) is 46.1 Å². The average Bonchev–Trinajstić information content (AvgIpc) is 3.05. The molecule has 11 heteroatoms. The van der Waals surface area contributed by atoms with Crippen molar-refractivity contribution in [1.29, 1.82) is 0 Å². The van der Waals surface area contributed by atoms with E-state index in [-0.39, 0.29) is 30.3 Å². The predicted molar refractivity (Wildman–Crippen MR) is 186 cm³/mol. The lowest BCUT2D eigenvalue weighted by Crippen LogP contribution is -2.68. The van der Waals surface area contributed by atoms with E-state index >= 15 is 0 Å². The molecule has 1 saturated heterocycles. The first-order valence-electron chi connectivity index (χ1n) is 15.6. The van der Waals surface area contributed by atoms with Crippen LogP contribution in [0.25, 0.3) is 0 Å². The van der Waals surface area contributed by atoms with Crippen LogP contribution in [0.2, 0.25) is 5.04 Å². The van der Waals surface area contributed by atoms with Gasteiger partial charge >= 0.3 is 11.9 Å². The van der Waals surface area contributed by atoms with Crippen molar-refractivity contribution in [2.24, 2.45) is 0 Å². The topological polar surface area (TPSA) is 108 Å². The van der Waals surface area contributed by atoms with E-state index in [0.717, 1.165) is 20.8 Å². The number of hydrogen-bond donors (Lipinski definition) is 1. The molecule has 252 valence electrons. The quantitative estimate of drug-likeness (QED) is 0.147. The van der Waals surface area contributed by atoms with Crippen LogP contribution in [0.4, 0.5) is 0 Å². The summed E-state index contributed by atoms with van der Waals surface area (Å²) in [6.07, 6.45) is -5.11. The molecule has 3 aromatic carbocycles. The summed E-state index contributed by atoms with van der Waals surface area (Å²) in [6, 6.07) is 27.9. The van der Waals surface area contributed by atoms with Gasteiger partial charge in [0.1, 0.15) is 29.3 Å². The van der Waals surface area contributed by atoms with Gasteiger partial charge in [-0.2, -0.15) is 0 Å². The fourth-order valence-corrected chi connectivity index (χ4v) is 11.5. The number of Topliss-reactive ketones (excluding diaryl/α,β-unsaturated/α-hetero) is 1. The van der Waals surface area contributed by atoms with Gasteiger partial charge in [0, 0.05) is 11.3 Å². The maximum atomic E-state index is 13.0. The maximum absolute atomic E-state index is 13.0. The number of thioether (sulfide) groups is 1. The summed E-state index contributed by atoms with van der Waals surface area (Å²) in [7, 11) is -3.06. The number of carbonyl (C=O) groups is 3. The summed E-state index contributed by atoms with van der Waals surface area (Å²) in [5, 5.41) is 13.5. The number of ether oxygens (including phenoxy) is 3. The first-order chi connectivity index (χ1) is 22.4. The molecule has 0 aromatic heterocycles. The fraction of sp³-hybridized carbons (Fsp3) is 0.417. The second kappa shape index (κ2) is 16.4. The molecule has 0 spiro atoms. The van der Waals surface area contributed by atoms with Crippen LogP contribution in [0.5, 0.6) is 0 Å². The summed E-state index contributed by atoms with van der Waals surface area (Å²) in [5.41, 5.74) is 0.179. The van der Waals surface area contributed by atoms with Crippen molar-refractivity contribution in [2.75, 3.05) is 12.5 Å². The first-order valence-corrected chi connectivity index (χ1v) is 18.9. The SMILES string of the molecule is CC(=O)CCC(=O)O[C@@H]1[C@H](O)[C@@H](OC(=O)CCl)[C@H](Sc2ccc(C)cc2)O[C@@H]1CO[Si](c1ccccc1)(c1ccccc1)C(C)(C)C. The van der Waals surface area contributed by atoms with Crippen LogP contribution >= 0.6 is 23.4 Å². The lowest BCUT2D eigenvalue weighted by molar-refractivity contribution is -0.228. The number of aryl methyl sites for hydroxylation is 1. The largest absolute Gasteiger partial charge is 0.457 e. The highest BCUT2D eigenvalue weighted by Gasteiger charge is 2.54. The van der Waals surface area contributed by atoms with Crippen molar-refractivity contribution in [3.8, 4) is 0 Å². The van der Waals surface area contributed by atoms with E-state index in [1.165, 1.54) is 18.7 Å². The van der Waals surface area contributed by atoms with Crippen LogP contribution in [0.3, 0.4) is 0 Å². The van der Waals surface area contributed by atoms with Crippen molar-refractivity contribution >= 4 is 59.8 Å². The summed E-state index contributed by atoms with van der Waals surface area (Å²) in [5.74, 6) is -2.04. The molecule has 0 aliphatic carbocycles. The number of halogens is 1. The zero-order valence-corrected chi connectivity index (χ0v) is 30.0. The second-order valence-electron chi connectivity index (χ2n) is 12.7. The molecule has 0 unspecified atom stereocenters. The first kappa shape index (κ1) is 36.8. The molecular weight excluding hydrogens is 656 g/mol. The zero-order chi connectivity index (χ0) is 34.2. The summed E-state index contributed by atoms with van der Waals surface area (Å²) >= 11 is 7.06. The standard InChI is InChI=1S/C36H43ClO8SSi/c1-24-16-19-26(20-17-24)46-35-34(45-31(40)22-37)32(41)33(44-30(39)21-18-25(2)38)29(43-35)23-42-47(36(3,4)5,27-12-8-6-9-13-27)28-14-10-7-11-15-28/h6-17,19-20,29,32-35,41H,18,21-23H2,1-5H3/t29-,32+,33+,34-,35+/m1/s1. The average molecular weight is 699 g/mol. The Labute approximate surface area is 287 Å². The smallest absolute Gasteiger partial charge is 0.321 e. The van der Waals surface area contributed by atoms with Crippen LogP contribution in [-0.2, 0) is 33.0 Å². The number of ketones is 1. The molecule has 3 aromatic rings. The zero-order valence-electron chi connectivity index (χ0n) is 27.4. The minimum atomic E-state index is -3.06. The summed E-state index contributed by atoms with van der Waals surface area (Å²) in [4.78, 5) is 37.9. The molecule has 47 heavy (non-hydrogen) atoms. The Morgan fingerprint density at radius 1 is 0.851 bits per heavy atom. The lowest BCUT2D eigenvalue weighted by Gasteiger charge is -2.47. The third-order valence-corrected chi connectivity index (χ3v) is 14.5. The third kappa shape index (κ3) is 9.13. The highest BCUT2D eigenvalue weighted by Crippen LogP contribution is 2.40. The molecule has 5 atom stereocenters. The Morgan fingerprint density at radius 2 is 1.40 bits per heavy atom. The normalized spacial score (nSPS) is 21.6. The Balaban J connectivity index is 1.76. The van der Waals surface area contributed by atoms with E-state index in [2.05, 4.69) is 45.0 Å². The Morgan fingerprint density at radius 3 is 1.91 bits per heavy atom. The van der Waals surface area contributed by atoms with E-state index in [9.17, 15) is 19.5 Å². The molecule has 1 aliphatic heterocycles. The van der Waals surface area contributed by atoms with Gasteiger partial charge in [0.25, 0.3) is 8.32 Å². The van der Waals surface area contributed by atoms with Crippen molar-refractivity contribution in [1.82, 2.24) is 0 Å². The Hall–Kier alpha value is -2.99. The number of alkyl halides is 1. The molecular formula is C36H43ClO8SSi. The molecule has 4 rings (SSSR count). The maximum Gasteiger partial charge on any atom is 0.321 e. The van der Waals surface area contributed by atoms with Gasteiger partial charge in [-0.25, -0.2) is 0 Å². The van der Waals surface area contributed by atoms with E-state index in [1.807, 2.05) is 67.6 Å². The highest BCUT2D eigenvalue weighted by atomic mass is 35.5. The van der Waals surface area contributed by atoms with Gasteiger partial charge in [0.05, 0.1) is 13.0 Å². The molecule has 0 saturated carbocycles. The molecule has 0 radical (unpaired) electrons. The minimum absolute atomic E-state index is 0.0116. The summed E-state index contributed by atoms with van der Waals surface area (Å²) in [6.45, 7) is 9.76. The van der Waals surface area contributed by atoms with Crippen molar-refractivity contribution < 1.29 is 38.1 Å². The van der Waals surface area contributed by atoms with Gasteiger partial charge in [-0.1, -0.05) is 111 Å². The Kier molecular flexibility index (Phi) is 12.9. The fourth-order valence-electron chi connectivity index (χ4n) is 5.79. The van der Waals surface area contributed by atoms with Gasteiger partial charge in [-0.05, 0) is 41.4 Å². The number of carbonyl (C=O) groups excluding carboxylic acids is 3. The molecule has 1 fully saturated rings. The number of rotatable bonds is 13. The lowest BCUT2D eigenvalue weighted by atomic mass is 9.99. The monoisotopic (exact) mass is 698 g/mol.